The van der Waals surface area contributed by atoms with Crippen LogP contribution in [0.25, 0.3) is 0 Å². The van der Waals surface area contributed by atoms with Crippen LogP contribution in [-0.4, -0.2) is 64.8 Å². The average molecular weight is 488 g/mol. The van der Waals surface area contributed by atoms with Gasteiger partial charge in [0.2, 0.25) is 5.75 Å². The summed E-state index contributed by atoms with van der Waals surface area (Å²) in [5.74, 6) is -2.67. The largest absolute Gasteiger partial charge is 0.508 e. The van der Waals surface area contributed by atoms with E-state index in [-0.39, 0.29) is 39.7 Å². The molecule has 35 heavy (non-hydrogen) atoms. The first-order chi connectivity index (χ1) is 16.5. The van der Waals surface area contributed by atoms with Gasteiger partial charge in [0.05, 0.1) is 32.5 Å². The third kappa shape index (κ3) is 8.50. The average Bonchev–Trinajstić information content (AvgIpc) is 2.85. The summed E-state index contributed by atoms with van der Waals surface area (Å²) < 4.78 is 14.4. The fraction of sp³-hybridized carbons (Fsp3) is 0.125. The minimum absolute atomic E-state index is 0.00324. The van der Waals surface area contributed by atoms with Crippen LogP contribution < -0.4 is 14.2 Å². The predicted octanol–water partition coefficient (Wildman–Crippen LogP) is 3.59. The number of hydrogen-bond acceptors (Lipinski definition) is 8. The molecule has 0 atom stereocenters. The molecule has 3 aromatic carbocycles. The molecule has 3 aromatic rings. The van der Waals surface area contributed by atoms with Crippen LogP contribution in [0, 0.1) is 0 Å². The number of carboxylic acids is 3. The van der Waals surface area contributed by atoms with E-state index in [1.807, 2.05) is 0 Å². The van der Waals surface area contributed by atoms with Crippen molar-refractivity contribution in [3.8, 4) is 28.7 Å². The highest BCUT2D eigenvalue weighted by atomic mass is 16.5. The maximum Gasteiger partial charge on any atom is 0.339 e. The SMILES string of the molecule is COc1cc(C(=O)O)cc(OC)c1O.COc1ccccc1C(=O)O.O=C(O)c1ccc(O)cc1. The van der Waals surface area contributed by atoms with Crippen molar-refractivity contribution in [1.29, 1.82) is 0 Å². The van der Waals surface area contributed by atoms with Crippen molar-refractivity contribution in [2.24, 2.45) is 0 Å². The standard InChI is InChI=1S/C9H10O5.C8H8O3.C7H6O3/c1-13-6-3-5(9(11)12)4-7(14-2)8(6)10;1-11-7-5-3-2-4-6(7)8(9)10;8-6-3-1-5(2-4-6)7(9)10/h3-4,10H,1-2H3,(H,11,12);2-5H,1H3,(H,9,10);1-4,8H,(H,9,10). The number of aromatic hydroxyl groups is 2. The maximum absolute atomic E-state index is 10.7. The summed E-state index contributed by atoms with van der Waals surface area (Å²) in [4.78, 5) is 31.4. The Morgan fingerprint density at radius 1 is 0.600 bits per heavy atom. The van der Waals surface area contributed by atoms with Crippen LogP contribution in [0.4, 0.5) is 0 Å². The van der Waals surface area contributed by atoms with Gasteiger partial charge < -0.3 is 39.7 Å². The first-order valence-corrected chi connectivity index (χ1v) is 9.62. The van der Waals surface area contributed by atoms with E-state index < -0.39 is 17.9 Å². The molecule has 0 spiro atoms. The minimum atomic E-state index is -1.11. The number of hydrogen-bond donors (Lipinski definition) is 5. The van der Waals surface area contributed by atoms with E-state index in [1.165, 1.54) is 63.8 Å². The Labute approximate surface area is 200 Å². The Hall–Kier alpha value is -4.93. The molecule has 0 radical (unpaired) electrons. The van der Waals surface area contributed by atoms with Crippen molar-refractivity contribution in [3.05, 3.63) is 77.4 Å². The number of carbonyl (C=O) groups is 3. The summed E-state index contributed by atoms with van der Waals surface area (Å²) in [6.07, 6.45) is 0. The first kappa shape index (κ1) is 28.1. The summed E-state index contributed by atoms with van der Waals surface area (Å²) in [6, 6.07) is 14.3. The van der Waals surface area contributed by atoms with Crippen molar-refractivity contribution >= 4 is 17.9 Å². The molecule has 0 saturated carbocycles. The van der Waals surface area contributed by atoms with E-state index >= 15 is 0 Å². The molecule has 5 N–H and O–H groups in total. The van der Waals surface area contributed by atoms with Crippen molar-refractivity contribution in [3.63, 3.8) is 0 Å². The summed E-state index contributed by atoms with van der Waals surface area (Å²) in [5, 5.41) is 43.9. The lowest BCUT2D eigenvalue weighted by molar-refractivity contribution is 0.0683. The van der Waals surface area contributed by atoms with Gasteiger partial charge in [0.1, 0.15) is 17.1 Å². The Balaban J connectivity index is 0.000000267. The molecule has 0 saturated heterocycles. The smallest absolute Gasteiger partial charge is 0.339 e. The molecule has 0 aliphatic heterocycles. The van der Waals surface area contributed by atoms with Crippen LogP contribution in [0.2, 0.25) is 0 Å². The molecule has 186 valence electrons. The van der Waals surface area contributed by atoms with Gasteiger partial charge in [-0.15, -0.1) is 0 Å². The zero-order valence-corrected chi connectivity index (χ0v) is 19.0. The van der Waals surface area contributed by atoms with Gasteiger partial charge in [-0.25, -0.2) is 14.4 Å². The molecule has 3 rings (SSSR count). The molecular weight excluding hydrogens is 464 g/mol. The van der Waals surface area contributed by atoms with E-state index in [0.717, 1.165) is 0 Å². The molecule has 0 aliphatic rings. The molecule has 0 aromatic heterocycles. The molecule has 0 amide bonds. The lowest BCUT2D eigenvalue weighted by Gasteiger charge is -2.08. The second-order valence-corrected chi connectivity index (χ2v) is 6.39. The number of phenols is 2. The fourth-order valence-electron chi connectivity index (χ4n) is 2.44. The third-order valence-corrected chi connectivity index (χ3v) is 4.18. The number of para-hydroxylation sites is 1. The summed E-state index contributed by atoms with van der Waals surface area (Å²) in [7, 11) is 4.11. The summed E-state index contributed by atoms with van der Waals surface area (Å²) in [6.45, 7) is 0. The van der Waals surface area contributed by atoms with Gasteiger partial charge >= 0.3 is 17.9 Å². The summed E-state index contributed by atoms with van der Waals surface area (Å²) >= 11 is 0. The van der Waals surface area contributed by atoms with Crippen molar-refractivity contribution in [2.75, 3.05) is 21.3 Å². The number of phenolic OH excluding ortho intramolecular Hbond substituents is 2. The van der Waals surface area contributed by atoms with Crippen LogP contribution in [0.3, 0.4) is 0 Å². The van der Waals surface area contributed by atoms with Crippen LogP contribution in [-0.2, 0) is 0 Å². The Kier molecular flexibility index (Phi) is 10.9. The van der Waals surface area contributed by atoms with Gasteiger partial charge in [-0.05, 0) is 48.5 Å². The number of methoxy groups -OCH3 is 3. The van der Waals surface area contributed by atoms with Crippen LogP contribution >= 0.6 is 0 Å². The monoisotopic (exact) mass is 488 g/mol. The second-order valence-electron chi connectivity index (χ2n) is 6.39. The predicted molar refractivity (Wildman–Crippen MR) is 123 cm³/mol. The molecule has 11 nitrogen and oxygen atoms in total. The van der Waals surface area contributed by atoms with Gasteiger partial charge in [-0.3, -0.25) is 0 Å². The highest BCUT2D eigenvalue weighted by Crippen LogP contribution is 2.36. The maximum atomic E-state index is 10.7. The lowest BCUT2D eigenvalue weighted by Crippen LogP contribution is -1.99. The Morgan fingerprint density at radius 2 is 1.06 bits per heavy atom. The van der Waals surface area contributed by atoms with Gasteiger partial charge in [0, 0.05) is 0 Å². The van der Waals surface area contributed by atoms with Crippen LogP contribution in [0.15, 0.2) is 60.7 Å². The van der Waals surface area contributed by atoms with E-state index in [0.29, 0.717) is 5.75 Å². The van der Waals surface area contributed by atoms with Crippen LogP contribution in [0.5, 0.6) is 28.7 Å². The van der Waals surface area contributed by atoms with Crippen molar-refractivity contribution < 1.29 is 54.1 Å². The van der Waals surface area contributed by atoms with E-state index in [4.69, 9.17) is 34.6 Å². The molecule has 11 heteroatoms. The highest BCUT2D eigenvalue weighted by Gasteiger charge is 2.14. The van der Waals surface area contributed by atoms with Gasteiger partial charge in [0.15, 0.2) is 11.5 Å². The van der Waals surface area contributed by atoms with E-state index in [1.54, 1.807) is 18.2 Å². The zero-order valence-electron chi connectivity index (χ0n) is 19.0. The van der Waals surface area contributed by atoms with Gasteiger partial charge in [0.25, 0.3) is 0 Å². The quantitative estimate of drug-likeness (QED) is 0.342. The number of carboxylic acid groups (broad SMARTS) is 3. The molecule has 0 aliphatic carbocycles. The normalized spacial score (nSPS) is 9.34. The molecule has 0 unspecified atom stereocenters. The molecular formula is C24H24O11. The van der Waals surface area contributed by atoms with E-state index in [9.17, 15) is 19.5 Å². The number of rotatable bonds is 6. The Morgan fingerprint density at radius 3 is 1.43 bits per heavy atom. The zero-order chi connectivity index (χ0) is 26.5. The van der Waals surface area contributed by atoms with Gasteiger partial charge in [-0.1, -0.05) is 12.1 Å². The summed E-state index contributed by atoms with van der Waals surface area (Å²) in [5.41, 5.74) is 0.365. The minimum Gasteiger partial charge on any atom is -0.508 e. The number of aromatic carboxylic acids is 3. The second kappa shape index (κ2) is 13.6. The molecule has 0 heterocycles. The lowest BCUT2D eigenvalue weighted by atomic mass is 10.2. The number of benzene rings is 3. The molecule has 0 bridgehead atoms. The third-order valence-electron chi connectivity index (χ3n) is 4.18. The first-order valence-electron chi connectivity index (χ1n) is 9.62. The number of ether oxygens (including phenoxy) is 3. The Bertz CT molecular complexity index is 1130. The fourth-order valence-corrected chi connectivity index (χ4v) is 2.44. The van der Waals surface area contributed by atoms with Gasteiger partial charge in [-0.2, -0.15) is 0 Å². The highest BCUT2D eigenvalue weighted by molar-refractivity contribution is 5.91. The van der Waals surface area contributed by atoms with E-state index in [2.05, 4.69) is 0 Å². The van der Waals surface area contributed by atoms with Crippen molar-refractivity contribution in [1.82, 2.24) is 0 Å². The topological polar surface area (TPSA) is 180 Å². The van der Waals surface area contributed by atoms with Crippen LogP contribution in [0.1, 0.15) is 31.1 Å². The molecule has 0 fully saturated rings. The van der Waals surface area contributed by atoms with Crippen molar-refractivity contribution in [2.45, 2.75) is 0 Å².